The van der Waals surface area contributed by atoms with Crippen LogP contribution in [-0.4, -0.2) is 16.5 Å². The lowest BCUT2D eigenvalue weighted by atomic mass is 10.1. The van der Waals surface area contributed by atoms with E-state index in [1.165, 1.54) is 21.3 Å². The SMILES string of the molecule is c1ccc2c(CCNCc3cncs3)c[nH]c2c1. The van der Waals surface area contributed by atoms with E-state index in [-0.39, 0.29) is 0 Å². The van der Waals surface area contributed by atoms with Crippen LogP contribution in [0, 0.1) is 0 Å². The molecule has 0 aliphatic heterocycles. The molecule has 3 rings (SSSR count). The Balaban J connectivity index is 1.57. The fraction of sp³-hybridized carbons (Fsp3) is 0.214. The van der Waals surface area contributed by atoms with Gasteiger partial charge in [0.15, 0.2) is 0 Å². The fourth-order valence-electron chi connectivity index (χ4n) is 2.10. The van der Waals surface area contributed by atoms with Gasteiger partial charge in [0.05, 0.1) is 5.51 Å². The molecule has 0 aliphatic rings. The van der Waals surface area contributed by atoms with Crippen LogP contribution in [0.2, 0.25) is 0 Å². The van der Waals surface area contributed by atoms with Gasteiger partial charge in [-0.2, -0.15) is 0 Å². The highest BCUT2D eigenvalue weighted by molar-refractivity contribution is 7.09. The van der Waals surface area contributed by atoms with E-state index >= 15 is 0 Å². The number of nitrogens with zero attached hydrogens (tertiary/aromatic N) is 1. The Morgan fingerprint density at radius 3 is 3.11 bits per heavy atom. The third kappa shape index (κ3) is 2.44. The molecule has 2 N–H and O–H groups in total. The lowest BCUT2D eigenvalue weighted by Gasteiger charge is -2.02. The van der Waals surface area contributed by atoms with Gasteiger partial charge in [0, 0.05) is 34.7 Å². The van der Waals surface area contributed by atoms with Crippen LogP contribution >= 0.6 is 11.3 Å². The summed E-state index contributed by atoms with van der Waals surface area (Å²) in [5.41, 5.74) is 4.47. The zero-order chi connectivity index (χ0) is 12.2. The van der Waals surface area contributed by atoms with Gasteiger partial charge in [0.25, 0.3) is 0 Å². The van der Waals surface area contributed by atoms with Gasteiger partial charge in [-0.15, -0.1) is 11.3 Å². The predicted octanol–water partition coefficient (Wildman–Crippen LogP) is 2.96. The number of hydrogen-bond donors (Lipinski definition) is 2. The number of nitrogens with one attached hydrogen (secondary N) is 2. The Kier molecular flexibility index (Phi) is 3.39. The van der Waals surface area contributed by atoms with Gasteiger partial charge in [-0.1, -0.05) is 18.2 Å². The molecule has 92 valence electrons. The molecule has 0 atom stereocenters. The maximum Gasteiger partial charge on any atom is 0.0794 e. The topological polar surface area (TPSA) is 40.7 Å². The maximum atomic E-state index is 4.07. The lowest BCUT2D eigenvalue weighted by molar-refractivity contribution is 0.694. The van der Waals surface area contributed by atoms with Gasteiger partial charge in [-0.05, 0) is 24.6 Å². The van der Waals surface area contributed by atoms with Crippen LogP contribution in [-0.2, 0) is 13.0 Å². The lowest BCUT2D eigenvalue weighted by Crippen LogP contribution is -2.15. The number of hydrogen-bond acceptors (Lipinski definition) is 3. The number of para-hydroxylation sites is 1. The highest BCUT2D eigenvalue weighted by Crippen LogP contribution is 2.17. The third-order valence-corrected chi connectivity index (χ3v) is 3.81. The van der Waals surface area contributed by atoms with Crippen molar-refractivity contribution in [3.05, 3.63) is 52.6 Å². The third-order valence-electron chi connectivity index (χ3n) is 3.03. The molecule has 0 aliphatic carbocycles. The number of aromatic nitrogens is 2. The summed E-state index contributed by atoms with van der Waals surface area (Å²) in [4.78, 5) is 8.66. The second-order valence-electron chi connectivity index (χ2n) is 4.25. The summed E-state index contributed by atoms with van der Waals surface area (Å²) >= 11 is 1.69. The number of thiazole rings is 1. The summed E-state index contributed by atoms with van der Waals surface area (Å²) in [6.07, 6.45) is 5.07. The highest BCUT2D eigenvalue weighted by Gasteiger charge is 2.02. The Hall–Kier alpha value is -1.65. The van der Waals surface area contributed by atoms with Crippen molar-refractivity contribution < 1.29 is 0 Å². The van der Waals surface area contributed by atoms with Crippen molar-refractivity contribution in [1.82, 2.24) is 15.3 Å². The minimum absolute atomic E-state index is 0.910. The highest BCUT2D eigenvalue weighted by atomic mass is 32.1. The normalized spacial score (nSPS) is 11.1. The van der Waals surface area contributed by atoms with Crippen LogP contribution in [0.15, 0.2) is 42.2 Å². The molecule has 0 spiro atoms. The summed E-state index contributed by atoms with van der Waals surface area (Å²) in [5.74, 6) is 0. The average Bonchev–Trinajstić information content (AvgIpc) is 3.04. The second kappa shape index (κ2) is 5.33. The monoisotopic (exact) mass is 257 g/mol. The first-order valence-electron chi connectivity index (χ1n) is 6.06. The van der Waals surface area contributed by atoms with E-state index in [0.717, 1.165) is 19.5 Å². The fourth-order valence-corrected chi connectivity index (χ4v) is 2.67. The summed E-state index contributed by atoms with van der Waals surface area (Å²) in [5, 5.41) is 4.78. The van der Waals surface area contributed by atoms with Crippen LogP contribution < -0.4 is 5.32 Å². The van der Waals surface area contributed by atoms with Gasteiger partial charge < -0.3 is 10.3 Å². The van der Waals surface area contributed by atoms with Gasteiger partial charge in [0.2, 0.25) is 0 Å². The van der Waals surface area contributed by atoms with E-state index in [1.807, 2.05) is 11.7 Å². The maximum absolute atomic E-state index is 4.07. The number of fused-ring (bicyclic) bond motifs is 1. The molecule has 2 aromatic heterocycles. The van der Waals surface area contributed by atoms with Crippen LogP contribution in [0.4, 0.5) is 0 Å². The van der Waals surface area contributed by atoms with Gasteiger partial charge in [-0.3, -0.25) is 4.98 Å². The minimum Gasteiger partial charge on any atom is -0.361 e. The molecule has 4 heteroatoms. The molecule has 18 heavy (non-hydrogen) atoms. The van der Waals surface area contributed by atoms with Gasteiger partial charge in [0.1, 0.15) is 0 Å². The van der Waals surface area contributed by atoms with Crippen LogP contribution in [0.1, 0.15) is 10.4 Å². The largest absolute Gasteiger partial charge is 0.361 e. The van der Waals surface area contributed by atoms with E-state index in [1.54, 1.807) is 11.3 Å². The zero-order valence-corrected chi connectivity index (χ0v) is 10.8. The van der Waals surface area contributed by atoms with E-state index in [2.05, 4.69) is 45.7 Å². The van der Waals surface area contributed by atoms with Crippen molar-refractivity contribution in [2.24, 2.45) is 0 Å². The van der Waals surface area contributed by atoms with Crippen LogP contribution in [0.3, 0.4) is 0 Å². The number of benzene rings is 1. The molecular formula is C14H15N3S. The molecule has 0 radical (unpaired) electrons. The Labute approximate surface area is 110 Å². The smallest absolute Gasteiger partial charge is 0.0794 e. The molecule has 1 aromatic carbocycles. The van der Waals surface area contributed by atoms with Crippen molar-refractivity contribution in [2.45, 2.75) is 13.0 Å². The Bertz CT molecular complexity index is 613. The second-order valence-corrected chi connectivity index (χ2v) is 5.22. The Morgan fingerprint density at radius 2 is 2.22 bits per heavy atom. The van der Waals surface area contributed by atoms with Crippen molar-refractivity contribution in [3.63, 3.8) is 0 Å². The van der Waals surface area contributed by atoms with E-state index in [4.69, 9.17) is 0 Å². The number of aromatic amines is 1. The molecule has 0 saturated carbocycles. The average molecular weight is 257 g/mol. The molecular weight excluding hydrogens is 242 g/mol. The molecule has 3 aromatic rings. The molecule has 0 unspecified atom stereocenters. The molecule has 0 fully saturated rings. The molecule has 3 nitrogen and oxygen atoms in total. The van der Waals surface area contributed by atoms with Crippen LogP contribution in [0.5, 0.6) is 0 Å². The number of rotatable bonds is 5. The Morgan fingerprint density at radius 1 is 1.28 bits per heavy atom. The van der Waals surface area contributed by atoms with Crippen LogP contribution in [0.25, 0.3) is 10.9 Å². The summed E-state index contributed by atoms with van der Waals surface area (Å²) in [7, 11) is 0. The first-order chi connectivity index (χ1) is 8.93. The van der Waals surface area contributed by atoms with Crippen molar-refractivity contribution in [1.29, 1.82) is 0 Å². The van der Waals surface area contributed by atoms with Gasteiger partial charge >= 0.3 is 0 Å². The van der Waals surface area contributed by atoms with E-state index in [0.29, 0.717) is 0 Å². The summed E-state index contributed by atoms with van der Waals surface area (Å²) in [6.45, 7) is 1.90. The van der Waals surface area contributed by atoms with Crippen molar-refractivity contribution >= 4 is 22.2 Å². The predicted molar refractivity (Wildman–Crippen MR) is 75.8 cm³/mol. The van der Waals surface area contributed by atoms with Gasteiger partial charge in [-0.25, -0.2) is 0 Å². The standard InChI is InChI=1S/C14H15N3S/c1-2-4-14-13(3-1)11(7-17-14)5-6-15-8-12-9-16-10-18-12/h1-4,7,9-10,15,17H,5-6,8H2. The zero-order valence-electron chi connectivity index (χ0n) is 10.0. The van der Waals surface area contributed by atoms with Crippen molar-refractivity contribution in [2.75, 3.05) is 6.54 Å². The molecule has 0 amide bonds. The quantitative estimate of drug-likeness (QED) is 0.690. The molecule has 2 heterocycles. The minimum atomic E-state index is 0.910. The first-order valence-corrected chi connectivity index (χ1v) is 6.94. The molecule has 0 saturated heterocycles. The van der Waals surface area contributed by atoms with E-state index < -0.39 is 0 Å². The summed E-state index contributed by atoms with van der Waals surface area (Å²) in [6, 6.07) is 8.43. The number of H-pyrrole nitrogens is 1. The van der Waals surface area contributed by atoms with E-state index in [9.17, 15) is 0 Å². The van der Waals surface area contributed by atoms with Crippen molar-refractivity contribution in [3.8, 4) is 0 Å². The molecule has 0 bridgehead atoms. The summed E-state index contributed by atoms with van der Waals surface area (Å²) < 4.78 is 0. The first kappa shape index (κ1) is 11.4.